The number of hydrogen-bond donors (Lipinski definition) is 0. The first-order valence-corrected chi connectivity index (χ1v) is 10.2. The first-order valence-electron chi connectivity index (χ1n) is 9.78. The van der Waals surface area contributed by atoms with E-state index in [2.05, 4.69) is 0 Å². The van der Waals surface area contributed by atoms with Gasteiger partial charge in [-0.3, -0.25) is 9.59 Å². The van der Waals surface area contributed by atoms with Crippen molar-refractivity contribution >= 4 is 28.5 Å². The summed E-state index contributed by atoms with van der Waals surface area (Å²) < 4.78 is 11.7. The molecule has 2 atom stereocenters. The number of carbonyl (C=O) groups is 1. The summed E-state index contributed by atoms with van der Waals surface area (Å²) in [5.74, 6) is -0.158. The molecule has 0 spiro atoms. The molecule has 6 heteroatoms. The third kappa shape index (κ3) is 3.05. The SMILES string of the molecule is Cc1ccc2oc3c(c(=O)c2c1)[C@H](c1cccc(Cl)c1)N(C[C@@H]1CCCO1)C3=O. The fourth-order valence-corrected chi connectivity index (χ4v) is 4.55. The van der Waals surface area contributed by atoms with Crippen molar-refractivity contribution < 1.29 is 13.9 Å². The van der Waals surface area contributed by atoms with E-state index in [1.54, 1.807) is 23.1 Å². The van der Waals surface area contributed by atoms with Crippen molar-refractivity contribution in [3.8, 4) is 0 Å². The number of benzene rings is 2. The minimum absolute atomic E-state index is 0.0401. The second kappa shape index (κ2) is 7.01. The van der Waals surface area contributed by atoms with Gasteiger partial charge in [-0.15, -0.1) is 0 Å². The van der Waals surface area contributed by atoms with E-state index < -0.39 is 6.04 Å². The molecular formula is C23H20ClNO4. The molecule has 0 saturated carbocycles. The molecule has 3 aromatic rings. The Morgan fingerprint density at radius 3 is 2.79 bits per heavy atom. The lowest BCUT2D eigenvalue weighted by Crippen LogP contribution is -2.36. The molecule has 3 heterocycles. The average Bonchev–Trinajstić information content (AvgIpc) is 3.31. The van der Waals surface area contributed by atoms with Crippen LogP contribution in [0.5, 0.6) is 0 Å². The maximum atomic E-state index is 13.5. The van der Waals surface area contributed by atoms with Gasteiger partial charge in [-0.2, -0.15) is 0 Å². The Morgan fingerprint density at radius 2 is 2.03 bits per heavy atom. The van der Waals surface area contributed by atoms with Crippen molar-refractivity contribution in [3.05, 3.63) is 80.2 Å². The third-order valence-corrected chi connectivity index (χ3v) is 5.95. The molecule has 29 heavy (non-hydrogen) atoms. The molecule has 0 radical (unpaired) electrons. The second-order valence-electron chi connectivity index (χ2n) is 7.72. The highest BCUT2D eigenvalue weighted by molar-refractivity contribution is 6.30. The maximum absolute atomic E-state index is 13.5. The van der Waals surface area contributed by atoms with E-state index in [9.17, 15) is 9.59 Å². The molecule has 1 fully saturated rings. The Morgan fingerprint density at radius 1 is 1.17 bits per heavy atom. The smallest absolute Gasteiger partial charge is 0.291 e. The summed E-state index contributed by atoms with van der Waals surface area (Å²) >= 11 is 6.23. The number of rotatable bonds is 3. The maximum Gasteiger partial charge on any atom is 0.291 e. The van der Waals surface area contributed by atoms with Gasteiger partial charge in [0.1, 0.15) is 5.58 Å². The molecule has 5 nitrogen and oxygen atoms in total. The average molecular weight is 410 g/mol. The van der Waals surface area contributed by atoms with E-state index >= 15 is 0 Å². The standard InChI is InChI=1S/C23H20ClNO4/c1-13-7-8-18-17(10-13)21(26)19-20(14-4-2-5-15(24)11-14)25(23(27)22(19)29-18)12-16-6-3-9-28-16/h2,4-5,7-8,10-11,16,20H,3,6,9,12H2,1H3/t16-,20-/m0/s1. The number of nitrogens with zero attached hydrogens (tertiary/aromatic N) is 1. The van der Waals surface area contributed by atoms with Crippen LogP contribution in [0.15, 0.2) is 51.7 Å². The zero-order valence-electron chi connectivity index (χ0n) is 16.0. The van der Waals surface area contributed by atoms with E-state index in [1.165, 1.54) is 0 Å². The monoisotopic (exact) mass is 409 g/mol. The molecule has 1 saturated heterocycles. The van der Waals surface area contributed by atoms with Crippen molar-refractivity contribution in [1.82, 2.24) is 4.90 Å². The van der Waals surface area contributed by atoms with Crippen LogP contribution in [0.3, 0.4) is 0 Å². The summed E-state index contributed by atoms with van der Waals surface area (Å²) in [7, 11) is 0. The minimum Gasteiger partial charge on any atom is -0.450 e. The summed E-state index contributed by atoms with van der Waals surface area (Å²) in [5, 5.41) is 1.05. The van der Waals surface area contributed by atoms with E-state index in [-0.39, 0.29) is 23.2 Å². The molecule has 2 aliphatic rings. The van der Waals surface area contributed by atoms with Gasteiger partial charge >= 0.3 is 0 Å². The van der Waals surface area contributed by atoms with Gasteiger partial charge in [0.25, 0.3) is 5.91 Å². The summed E-state index contributed by atoms with van der Waals surface area (Å²) in [5.41, 5.74) is 2.40. The van der Waals surface area contributed by atoms with Gasteiger partial charge in [0.15, 0.2) is 5.43 Å². The zero-order valence-corrected chi connectivity index (χ0v) is 16.7. The van der Waals surface area contributed by atoms with Gasteiger partial charge in [0.2, 0.25) is 5.76 Å². The van der Waals surface area contributed by atoms with Crippen molar-refractivity contribution in [2.24, 2.45) is 0 Å². The Balaban J connectivity index is 1.72. The third-order valence-electron chi connectivity index (χ3n) is 5.71. The Labute approximate surface area is 172 Å². The lowest BCUT2D eigenvalue weighted by atomic mass is 9.98. The second-order valence-corrected chi connectivity index (χ2v) is 8.16. The van der Waals surface area contributed by atoms with Crippen LogP contribution in [-0.2, 0) is 4.74 Å². The van der Waals surface area contributed by atoms with Gasteiger partial charge in [-0.1, -0.05) is 35.4 Å². The van der Waals surface area contributed by atoms with Crippen LogP contribution in [0.1, 0.15) is 46.1 Å². The molecule has 0 unspecified atom stereocenters. The summed E-state index contributed by atoms with van der Waals surface area (Å²) in [6.45, 7) is 3.03. The number of halogens is 1. The fraction of sp³-hybridized carbons (Fsp3) is 0.304. The molecule has 2 aromatic carbocycles. The predicted molar refractivity (Wildman–Crippen MR) is 111 cm³/mol. The number of ether oxygens (including phenoxy) is 1. The largest absolute Gasteiger partial charge is 0.450 e. The number of amides is 1. The molecule has 1 amide bonds. The van der Waals surface area contributed by atoms with Gasteiger partial charge in [0.05, 0.1) is 23.1 Å². The summed E-state index contributed by atoms with van der Waals surface area (Å²) in [6.07, 6.45) is 1.83. The van der Waals surface area contributed by atoms with Gasteiger partial charge in [0, 0.05) is 18.2 Å². The lowest BCUT2D eigenvalue weighted by molar-refractivity contribution is 0.0486. The number of fused-ring (bicyclic) bond motifs is 2. The van der Waals surface area contributed by atoms with Crippen molar-refractivity contribution in [3.63, 3.8) is 0 Å². The van der Waals surface area contributed by atoms with Crippen molar-refractivity contribution in [1.29, 1.82) is 0 Å². The highest BCUT2D eigenvalue weighted by Crippen LogP contribution is 2.39. The Bertz CT molecular complexity index is 1180. The van der Waals surface area contributed by atoms with Gasteiger partial charge in [-0.05, 0) is 49.6 Å². The highest BCUT2D eigenvalue weighted by Gasteiger charge is 2.43. The van der Waals surface area contributed by atoms with E-state index in [0.29, 0.717) is 34.7 Å². The first kappa shape index (κ1) is 18.4. The zero-order chi connectivity index (χ0) is 20.1. The Kier molecular flexibility index (Phi) is 4.45. The van der Waals surface area contributed by atoms with Crippen molar-refractivity contribution in [2.45, 2.75) is 31.9 Å². The van der Waals surface area contributed by atoms with E-state index in [4.69, 9.17) is 20.8 Å². The molecular weight excluding hydrogens is 390 g/mol. The molecule has 2 aliphatic heterocycles. The normalized spacial score (nSPS) is 21.2. The van der Waals surface area contributed by atoms with E-state index in [0.717, 1.165) is 24.0 Å². The van der Waals surface area contributed by atoms with Crippen LogP contribution in [-0.4, -0.2) is 30.1 Å². The highest BCUT2D eigenvalue weighted by atomic mass is 35.5. The summed E-state index contributed by atoms with van der Waals surface area (Å²) in [4.78, 5) is 28.5. The number of aryl methyl sites for hydroxylation is 1. The number of hydrogen-bond acceptors (Lipinski definition) is 4. The molecule has 5 rings (SSSR count). The van der Waals surface area contributed by atoms with Crippen LogP contribution in [0, 0.1) is 6.92 Å². The quantitative estimate of drug-likeness (QED) is 0.640. The van der Waals surface area contributed by atoms with Crippen LogP contribution in [0.4, 0.5) is 0 Å². The molecule has 1 aromatic heterocycles. The van der Waals surface area contributed by atoms with Crippen LogP contribution in [0.2, 0.25) is 5.02 Å². The topological polar surface area (TPSA) is 59.8 Å². The lowest BCUT2D eigenvalue weighted by Gasteiger charge is -2.27. The first-order chi connectivity index (χ1) is 14.0. The van der Waals surface area contributed by atoms with Crippen LogP contribution >= 0.6 is 11.6 Å². The van der Waals surface area contributed by atoms with Crippen molar-refractivity contribution in [2.75, 3.05) is 13.2 Å². The summed E-state index contributed by atoms with van der Waals surface area (Å²) in [6, 6.07) is 12.2. The van der Waals surface area contributed by atoms with Crippen LogP contribution in [0.25, 0.3) is 11.0 Å². The predicted octanol–water partition coefficient (Wildman–Crippen LogP) is 4.48. The fourth-order valence-electron chi connectivity index (χ4n) is 4.35. The minimum atomic E-state index is -0.540. The van der Waals surface area contributed by atoms with Crippen LogP contribution < -0.4 is 5.43 Å². The van der Waals surface area contributed by atoms with Gasteiger partial charge in [-0.25, -0.2) is 0 Å². The van der Waals surface area contributed by atoms with E-state index in [1.807, 2.05) is 31.2 Å². The number of carbonyl (C=O) groups excluding carboxylic acids is 1. The Hall–Kier alpha value is -2.63. The molecule has 0 N–H and O–H groups in total. The molecule has 0 bridgehead atoms. The van der Waals surface area contributed by atoms with Gasteiger partial charge < -0.3 is 14.1 Å². The molecule has 148 valence electrons. The molecule has 0 aliphatic carbocycles.